The summed E-state index contributed by atoms with van der Waals surface area (Å²) in [6, 6.07) is 0.709. The lowest BCUT2D eigenvalue weighted by atomic mass is 10.1. The summed E-state index contributed by atoms with van der Waals surface area (Å²) in [5, 5.41) is 12.3. The molecule has 1 aliphatic rings. The predicted molar refractivity (Wildman–Crippen MR) is 68.7 cm³/mol. The first-order valence-corrected chi connectivity index (χ1v) is 6.93. The molecule has 0 saturated carbocycles. The van der Waals surface area contributed by atoms with Gasteiger partial charge in [-0.1, -0.05) is 6.92 Å². The van der Waals surface area contributed by atoms with E-state index in [1.54, 1.807) is 0 Å². The number of hydrogen-bond donors (Lipinski definition) is 2. The molecule has 1 atom stereocenters. The van der Waals surface area contributed by atoms with Crippen LogP contribution in [0.25, 0.3) is 0 Å². The Morgan fingerprint density at radius 1 is 1.25 bits per heavy atom. The van der Waals surface area contributed by atoms with E-state index in [0.717, 1.165) is 19.4 Å². The molecule has 1 heterocycles. The Labute approximate surface area is 100 Å². The Hall–Kier alpha value is -0.120. The van der Waals surface area contributed by atoms with E-state index in [0.29, 0.717) is 12.6 Å². The van der Waals surface area contributed by atoms with Gasteiger partial charge in [-0.2, -0.15) is 0 Å². The molecule has 0 aromatic carbocycles. The molecule has 0 bridgehead atoms. The fraction of sp³-hybridized carbons (Fsp3) is 1.00. The first-order valence-electron chi connectivity index (χ1n) is 6.93. The van der Waals surface area contributed by atoms with Gasteiger partial charge in [-0.15, -0.1) is 0 Å². The minimum Gasteiger partial charge on any atom is -0.396 e. The van der Waals surface area contributed by atoms with Gasteiger partial charge in [0.15, 0.2) is 0 Å². The molecule has 2 N–H and O–H groups in total. The van der Waals surface area contributed by atoms with Crippen LogP contribution in [0.3, 0.4) is 0 Å². The van der Waals surface area contributed by atoms with Gasteiger partial charge in [-0.25, -0.2) is 0 Å². The molecule has 3 heteroatoms. The van der Waals surface area contributed by atoms with Crippen molar-refractivity contribution in [1.82, 2.24) is 10.2 Å². The van der Waals surface area contributed by atoms with E-state index in [1.807, 2.05) is 0 Å². The molecule has 16 heavy (non-hydrogen) atoms. The van der Waals surface area contributed by atoms with Crippen LogP contribution < -0.4 is 5.32 Å². The Morgan fingerprint density at radius 3 is 2.88 bits per heavy atom. The topological polar surface area (TPSA) is 35.5 Å². The van der Waals surface area contributed by atoms with Crippen LogP contribution in [0, 0.1) is 0 Å². The third kappa shape index (κ3) is 5.83. The fourth-order valence-electron chi connectivity index (χ4n) is 2.44. The van der Waals surface area contributed by atoms with E-state index in [1.165, 1.54) is 45.3 Å². The molecule has 0 aromatic rings. The summed E-state index contributed by atoms with van der Waals surface area (Å²) in [6.07, 6.45) is 7.25. The summed E-state index contributed by atoms with van der Waals surface area (Å²) in [5.41, 5.74) is 0. The summed E-state index contributed by atoms with van der Waals surface area (Å²) in [6.45, 7) is 7.45. The molecule has 1 aliphatic heterocycles. The molecule has 0 aliphatic carbocycles. The first kappa shape index (κ1) is 13.9. The van der Waals surface area contributed by atoms with Crippen molar-refractivity contribution in [3.63, 3.8) is 0 Å². The second-order valence-electron chi connectivity index (χ2n) is 4.85. The summed E-state index contributed by atoms with van der Waals surface area (Å²) in [5.74, 6) is 0. The lowest BCUT2D eigenvalue weighted by molar-refractivity contribution is 0.278. The van der Waals surface area contributed by atoms with Crippen molar-refractivity contribution in [3.8, 4) is 0 Å². The monoisotopic (exact) mass is 228 g/mol. The van der Waals surface area contributed by atoms with Gasteiger partial charge in [-0.05, 0) is 64.7 Å². The Morgan fingerprint density at radius 2 is 2.12 bits per heavy atom. The van der Waals surface area contributed by atoms with Crippen LogP contribution in [0.4, 0.5) is 0 Å². The van der Waals surface area contributed by atoms with Crippen molar-refractivity contribution < 1.29 is 5.11 Å². The zero-order valence-electron chi connectivity index (χ0n) is 10.7. The second-order valence-corrected chi connectivity index (χ2v) is 4.85. The molecule has 3 nitrogen and oxygen atoms in total. The average Bonchev–Trinajstić information content (AvgIpc) is 2.51. The maximum atomic E-state index is 8.71. The number of likely N-dealkylation sites (tertiary alicyclic amines) is 1. The first-order chi connectivity index (χ1) is 7.86. The fourth-order valence-corrected chi connectivity index (χ4v) is 2.44. The van der Waals surface area contributed by atoms with Gasteiger partial charge in [0.25, 0.3) is 0 Å². The lowest BCUT2D eigenvalue weighted by Gasteiger charge is -2.19. The number of nitrogens with one attached hydrogen (secondary N) is 1. The highest BCUT2D eigenvalue weighted by Gasteiger charge is 2.15. The zero-order valence-corrected chi connectivity index (χ0v) is 10.7. The standard InChI is InChI=1S/C13H28N2O/c1-2-9-15-10-5-6-13(7-11-15)14-8-3-4-12-16/h13-14,16H,2-12H2,1H3. The molecule has 1 unspecified atom stereocenters. The van der Waals surface area contributed by atoms with Crippen LogP contribution in [0.1, 0.15) is 45.4 Å². The van der Waals surface area contributed by atoms with Crippen LogP contribution >= 0.6 is 0 Å². The Kier molecular flexibility index (Phi) is 7.81. The van der Waals surface area contributed by atoms with Crippen LogP contribution in [0.5, 0.6) is 0 Å². The molecule has 0 aromatic heterocycles. The molecule has 0 spiro atoms. The largest absolute Gasteiger partial charge is 0.396 e. The normalized spacial score (nSPS) is 23.2. The third-order valence-electron chi connectivity index (χ3n) is 3.38. The maximum Gasteiger partial charge on any atom is 0.0431 e. The van der Waals surface area contributed by atoms with E-state index in [2.05, 4.69) is 17.1 Å². The lowest BCUT2D eigenvalue weighted by Crippen LogP contribution is -2.32. The molecular weight excluding hydrogens is 200 g/mol. The van der Waals surface area contributed by atoms with E-state index in [-0.39, 0.29) is 0 Å². The van der Waals surface area contributed by atoms with Crippen LogP contribution in [0.15, 0.2) is 0 Å². The molecule has 1 rings (SSSR count). The van der Waals surface area contributed by atoms with Gasteiger partial charge >= 0.3 is 0 Å². The van der Waals surface area contributed by atoms with Gasteiger partial charge in [0, 0.05) is 12.6 Å². The molecular formula is C13H28N2O. The van der Waals surface area contributed by atoms with Crippen molar-refractivity contribution in [2.75, 3.05) is 32.8 Å². The van der Waals surface area contributed by atoms with Gasteiger partial charge in [-0.3, -0.25) is 0 Å². The molecule has 96 valence electrons. The Balaban J connectivity index is 2.10. The van der Waals surface area contributed by atoms with E-state index < -0.39 is 0 Å². The van der Waals surface area contributed by atoms with E-state index in [9.17, 15) is 0 Å². The number of nitrogens with zero attached hydrogens (tertiary/aromatic N) is 1. The molecule has 0 amide bonds. The quantitative estimate of drug-likeness (QED) is 0.650. The maximum absolute atomic E-state index is 8.71. The molecule has 1 fully saturated rings. The smallest absolute Gasteiger partial charge is 0.0431 e. The van der Waals surface area contributed by atoms with Gasteiger partial charge < -0.3 is 15.3 Å². The molecule has 0 radical (unpaired) electrons. The van der Waals surface area contributed by atoms with Crippen LogP contribution in [-0.4, -0.2) is 48.8 Å². The van der Waals surface area contributed by atoms with Crippen LogP contribution in [-0.2, 0) is 0 Å². The van der Waals surface area contributed by atoms with Crippen molar-refractivity contribution in [2.45, 2.75) is 51.5 Å². The third-order valence-corrected chi connectivity index (χ3v) is 3.38. The number of hydrogen-bond acceptors (Lipinski definition) is 3. The highest BCUT2D eigenvalue weighted by Crippen LogP contribution is 2.11. The Bertz CT molecular complexity index is 164. The van der Waals surface area contributed by atoms with Gasteiger partial charge in [0.05, 0.1) is 0 Å². The predicted octanol–water partition coefficient (Wildman–Crippen LogP) is 1.61. The highest BCUT2D eigenvalue weighted by atomic mass is 16.2. The van der Waals surface area contributed by atoms with Crippen molar-refractivity contribution in [2.24, 2.45) is 0 Å². The summed E-state index contributed by atoms with van der Waals surface area (Å²) in [7, 11) is 0. The minimum absolute atomic E-state index is 0.330. The number of aliphatic hydroxyl groups excluding tert-OH is 1. The SMILES string of the molecule is CCCN1CCCC(NCCCCO)CC1. The van der Waals surface area contributed by atoms with Crippen molar-refractivity contribution in [1.29, 1.82) is 0 Å². The van der Waals surface area contributed by atoms with E-state index in [4.69, 9.17) is 5.11 Å². The zero-order chi connectivity index (χ0) is 11.6. The molecule has 1 saturated heterocycles. The van der Waals surface area contributed by atoms with E-state index >= 15 is 0 Å². The van der Waals surface area contributed by atoms with Crippen molar-refractivity contribution in [3.05, 3.63) is 0 Å². The number of rotatable bonds is 7. The second kappa shape index (κ2) is 8.97. The van der Waals surface area contributed by atoms with Crippen molar-refractivity contribution >= 4 is 0 Å². The number of unbranched alkanes of at least 4 members (excludes halogenated alkanes) is 1. The number of aliphatic hydroxyl groups is 1. The summed E-state index contributed by atoms with van der Waals surface area (Å²) < 4.78 is 0. The summed E-state index contributed by atoms with van der Waals surface area (Å²) in [4.78, 5) is 2.59. The van der Waals surface area contributed by atoms with Gasteiger partial charge in [0.2, 0.25) is 0 Å². The van der Waals surface area contributed by atoms with Gasteiger partial charge in [0.1, 0.15) is 0 Å². The minimum atomic E-state index is 0.330. The van der Waals surface area contributed by atoms with Crippen LogP contribution in [0.2, 0.25) is 0 Å². The summed E-state index contributed by atoms with van der Waals surface area (Å²) >= 11 is 0. The average molecular weight is 228 g/mol. The highest BCUT2D eigenvalue weighted by molar-refractivity contribution is 4.74.